The molecule has 1 aliphatic rings. The van der Waals surface area contributed by atoms with E-state index in [9.17, 15) is 9.59 Å². The molecule has 0 aliphatic carbocycles. The lowest BCUT2D eigenvalue weighted by atomic mass is 10.2. The van der Waals surface area contributed by atoms with Crippen LogP contribution in [0.1, 0.15) is 81.2 Å². The number of nitrogens with zero attached hydrogens (tertiary/aromatic N) is 6. The summed E-state index contributed by atoms with van der Waals surface area (Å²) in [6, 6.07) is 4.00. The highest BCUT2D eigenvalue weighted by molar-refractivity contribution is 7.99. The quantitative estimate of drug-likeness (QED) is 0.295. The molecule has 234 valence electrons. The van der Waals surface area contributed by atoms with Crippen LogP contribution in [0.25, 0.3) is 0 Å². The highest BCUT2D eigenvalue weighted by atomic mass is 32.2. The van der Waals surface area contributed by atoms with Crippen molar-refractivity contribution in [3.05, 3.63) is 56.1 Å². The SMILES string of the molecule is Cc1cc2nc(n1)SCCCCCn1cc(C)c(=O)n(c1=O)CCCCCSc1nc(C)cc(n1)NCCCCCCN2. The molecule has 43 heavy (non-hydrogen) atoms. The van der Waals surface area contributed by atoms with Crippen LogP contribution >= 0.6 is 23.5 Å². The Hall–Kier alpha value is -2.86. The van der Waals surface area contributed by atoms with Crippen LogP contribution in [0, 0.1) is 20.8 Å². The van der Waals surface area contributed by atoms with Crippen LogP contribution in [-0.2, 0) is 13.1 Å². The zero-order chi connectivity index (χ0) is 30.4. The summed E-state index contributed by atoms with van der Waals surface area (Å²) < 4.78 is 3.12. The molecule has 6 bridgehead atoms. The zero-order valence-electron chi connectivity index (χ0n) is 25.9. The van der Waals surface area contributed by atoms with E-state index in [2.05, 4.69) is 20.6 Å². The van der Waals surface area contributed by atoms with Crippen LogP contribution in [-0.4, -0.2) is 53.7 Å². The Bertz CT molecular complexity index is 1440. The predicted molar refractivity (Wildman–Crippen MR) is 178 cm³/mol. The van der Waals surface area contributed by atoms with Crippen molar-refractivity contribution in [2.45, 2.75) is 108 Å². The number of anilines is 2. The van der Waals surface area contributed by atoms with Gasteiger partial charge in [0, 0.05) is 73.0 Å². The Morgan fingerprint density at radius 1 is 0.651 bits per heavy atom. The van der Waals surface area contributed by atoms with E-state index in [1.54, 1.807) is 41.2 Å². The van der Waals surface area contributed by atoms with Crippen LogP contribution in [0.2, 0.25) is 0 Å². The lowest BCUT2D eigenvalue weighted by Gasteiger charge is -2.12. The number of hydrogen-bond acceptors (Lipinski definition) is 10. The van der Waals surface area contributed by atoms with Crippen LogP contribution < -0.4 is 21.9 Å². The van der Waals surface area contributed by atoms with Crippen molar-refractivity contribution in [2.75, 3.05) is 35.2 Å². The van der Waals surface area contributed by atoms with Gasteiger partial charge in [0.2, 0.25) is 0 Å². The lowest BCUT2D eigenvalue weighted by molar-refractivity contribution is 0.502. The van der Waals surface area contributed by atoms with Gasteiger partial charge in [-0.15, -0.1) is 0 Å². The minimum atomic E-state index is -0.204. The van der Waals surface area contributed by atoms with Crippen LogP contribution in [0.3, 0.4) is 0 Å². The number of thioether (sulfide) groups is 2. The predicted octanol–water partition coefficient (Wildman–Crippen LogP) is 5.84. The van der Waals surface area contributed by atoms with Crippen molar-refractivity contribution in [3.8, 4) is 0 Å². The van der Waals surface area contributed by atoms with Crippen molar-refractivity contribution < 1.29 is 0 Å². The van der Waals surface area contributed by atoms with Crippen molar-refractivity contribution >= 4 is 35.2 Å². The first-order valence-electron chi connectivity index (χ1n) is 15.6. The minimum Gasteiger partial charge on any atom is -0.370 e. The van der Waals surface area contributed by atoms with Gasteiger partial charge >= 0.3 is 5.69 Å². The van der Waals surface area contributed by atoms with E-state index < -0.39 is 0 Å². The van der Waals surface area contributed by atoms with Gasteiger partial charge in [-0.05, 0) is 59.3 Å². The molecule has 0 spiro atoms. The molecule has 0 saturated carbocycles. The average molecular weight is 627 g/mol. The molecular weight excluding hydrogens is 581 g/mol. The first kappa shape index (κ1) is 33.0. The van der Waals surface area contributed by atoms with Gasteiger partial charge in [0.05, 0.1) is 0 Å². The molecule has 12 heteroatoms. The number of aryl methyl sites for hydroxylation is 4. The van der Waals surface area contributed by atoms with Gasteiger partial charge in [0.15, 0.2) is 10.3 Å². The molecule has 3 aromatic heterocycles. The molecule has 0 saturated heterocycles. The normalized spacial score (nSPS) is 17.0. The molecule has 3 aromatic rings. The molecule has 0 unspecified atom stereocenters. The molecular formula is C31H46N8O2S2. The highest BCUT2D eigenvalue weighted by Gasteiger charge is 2.10. The third-order valence-electron chi connectivity index (χ3n) is 7.32. The van der Waals surface area contributed by atoms with Gasteiger partial charge in [-0.2, -0.15) is 0 Å². The molecule has 2 N–H and O–H groups in total. The van der Waals surface area contributed by atoms with Crippen molar-refractivity contribution in [1.29, 1.82) is 0 Å². The summed E-state index contributed by atoms with van der Waals surface area (Å²) in [6.07, 6.45) is 11.8. The van der Waals surface area contributed by atoms with E-state index in [0.29, 0.717) is 18.7 Å². The Morgan fingerprint density at radius 3 is 1.72 bits per heavy atom. The van der Waals surface area contributed by atoms with Gasteiger partial charge < -0.3 is 15.2 Å². The van der Waals surface area contributed by atoms with E-state index in [4.69, 9.17) is 9.97 Å². The minimum absolute atomic E-state index is 0.178. The second-order valence-corrected chi connectivity index (χ2v) is 13.3. The Labute approximate surface area is 263 Å². The summed E-state index contributed by atoms with van der Waals surface area (Å²) in [5.41, 5.74) is 2.15. The molecule has 0 aromatic carbocycles. The summed E-state index contributed by atoms with van der Waals surface area (Å²) in [6.45, 7) is 8.65. The number of nitrogens with one attached hydrogen (secondary N) is 2. The second kappa shape index (κ2) is 17.4. The highest BCUT2D eigenvalue weighted by Crippen LogP contribution is 2.20. The molecule has 4 heterocycles. The molecule has 10 nitrogen and oxygen atoms in total. The average Bonchev–Trinajstić information content (AvgIpc) is 2.97. The summed E-state index contributed by atoms with van der Waals surface area (Å²) in [4.78, 5) is 44.5. The third-order valence-corrected chi connectivity index (χ3v) is 9.19. The fourth-order valence-corrected chi connectivity index (χ4v) is 6.83. The fraction of sp³-hybridized carbons (Fsp3) is 0.613. The van der Waals surface area contributed by atoms with Gasteiger partial charge in [0.25, 0.3) is 5.56 Å². The summed E-state index contributed by atoms with van der Waals surface area (Å²) in [5.74, 6) is 3.59. The summed E-state index contributed by atoms with van der Waals surface area (Å²) in [7, 11) is 0. The maximum Gasteiger partial charge on any atom is 0.330 e. The second-order valence-electron chi connectivity index (χ2n) is 11.2. The first-order valence-corrected chi connectivity index (χ1v) is 17.6. The Balaban J connectivity index is 1.38. The van der Waals surface area contributed by atoms with Crippen LogP contribution in [0.15, 0.2) is 38.2 Å². The Kier molecular flexibility index (Phi) is 13.4. The van der Waals surface area contributed by atoms with Crippen molar-refractivity contribution in [2.24, 2.45) is 0 Å². The van der Waals surface area contributed by atoms with Crippen molar-refractivity contribution in [1.82, 2.24) is 29.1 Å². The lowest BCUT2D eigenvalue weighted by Crippen LogP contribution is -2.40. The van der Waals surface area contributed by atoms with Gasteiger partial charge in [0.1, 0.15) is 11.6 Å². The largest absolute Gasteiger partial charge is 0.370 e. The van der Waals surface area contributed by atoms with E-state index >= 15 is 0 Å². The topological polar surface area (TPSA) is 120 Å². The number of fused-ring (bicyclic) bond motifs is 6. The smallest absolute Gasteiger partial charge is 0.330 e. The molecule has 0 amide bonds. The van der Waals surface area contributed by atoms with Gasteiger partial charge in [-0.3, -0.25) is 9.36 Å². The van der Waals surface area contributed by atoms with E-state index in [1.807, 2.05) is 26.0 Å². The molecule has 0 atom stereocenters. The van der Waals surface area contributed by atoms with Crippen LogP contribution in [0.5, 0.6) is 0 Å². The van der Waals surface area contributed by atoms with Gasteiger partial charge in [-0.1, -0.05) is 49.2 Å². The monoisotopic (exact) mass is 626 g/mol. The maximum atomic E-state index is 13.1. The van der Waals surface area contributed by atoms with E-state index in [-0.39, 0.29) is 11.2 Å². The van der Waals surface area contributed by atoms with Crippen LogP contribution in [0.4, 0.5) is 11.6 Å². The molecule has 0 fully saturated rings. The van der Waals surface area contributed by atoms with E-state index in [0.717, 1.165) is 122 Å². The van der Waals surface area contributed by atoms with E-state index in [1.165, 1.54) is 4.57 Å². The number of aromatic nitrogens is 6. The third kappa shape index (κ3) is 11.0. The molecule has 4 rings (SSSR count). The maximum absolute atomic E-state index is 13.1. The standard InChI is InChI=1S/C31H46N8O2S2/c1-23-22-38-16-10-6-12-18-42-29-34-24(2)20-26(36-29)32-14-8-4-5-9-15-33-27-21-25(3)35-30(37-27)43-19-13-7-11-17-39(28(23)40)31(38)41/h20-22H,4-19H2,1-3H3,(H,32,34,36)(H,33,35,37). The first-order chi connectivity index (χ1) is 20.9. The molecule has 0 radical (unpaired) electrons. The number of rotatable bonds is 0. The fourth-order valence-electron chi connectivity index (χ4n) is 5.02. The molecule has 1 aliphatic heterocycles. The zero-order valence-corrected chi connectivity index (χ0v) is 27.5. The summed E-state index contributed by atoms with van der Waals surface area (Å²) in [5, 5.41) is 8.53. The van der Waals surface area contributed by atoms with Crippen molar-refractivity contribution in [3.63, 3.8) is 0 Å². The number of hydrogen-bond donors (Lipinski definition) is 2. The Morgan fingerprint density at radius 2 is 1.16 bits per heavy atom. The summed E-state index contributed by atoms with van der Waals surface area (Å²) >= 11 is 3.34. The van der Waals surface area contributed by atoms with Gasteiger partial charge in [-0.25, -0.2) is 24.7 Å².